The Labute approximate surface area is 131 Å². The first-order valence-corrected chi connectivity index (χ1v) is 10.5. The van der Waals surface area contributed by atoms with E-state index in [1.54, 1.807) is 0 Å². The fourth-order valence-electron chi connectivity index (χ4n) is 1.78. The number of aliphatic hydroxyl groups is 1. The molecule has 3 heteroatoms. The first-order valence-electron chi connectivity index (χ1n) is 7.61. The monoisotopic (exact) mass is 306 g/mol. The molecule has 21 heavy (non-hydrogen) atoms. The Morgan fingerprint density at radius 1 is 1.24 bits per heavy atom. The minimum absolute atomic E-state index is 0.0165. The van der Waals surface area contributed by atoms with Gasteiger partial charge in [0.05, 0.1) is 12.7 Å². The average molecular weight is 307 g/mol. The van der Waals surface area contributed by atoms with Crippen molar-refractivity contribution in [2.24, 2.45) is 5.92 Å². The number of hydrogen-bond acceptors (Lipinski definition) is 2. The quantitative estimate of drug-likeness (QED) is 0.596. The Morgan fingerprint density at radius 3 is 2.24 bits per heavy atom. The highest BCUT2D eigenvalue weighted by molar-refractivity contribution is 6.74. The van der Waals surface area contributed by atoms with E-state index in [9.17, 15) is 5.11 Å². The van der Waals surface area contributed by atoms with E-state index in [1.807, 2.05) is 37.3 Å². The molecule has 2 nitrogen and oxygen atoms in total. The lowest BCUT2D eigenvalue weighted by molar-refractivity contribution is 0.128. The van der Waals surface area contributed by atoms with Gasteiger partial charge in [-0.25, -0.2) is 0 Å². The topological polar surface area (TPSA) is 29.5 Å². The fraction of sp³-hybridized carbons (Fsp3) is 0.556. The molecule has 0 heterocycles. The Hall–Kier alpha value is -0.903. The molecule has 1 aromatic carbocycles. The van der Waals surface area contributed by atoms with Gasteiger partial charge in [-0.2, -0.15) is 0 Å². The van der Waals surface area contributed by atoms with Crippen LogP contribution in [0.5, 0.6) is 0 Å². The molecule has 2 atom stereocenters. The van der Waals surface area contributed by atoms with Crippen molar-refractivity contribution in [1.82, 2.24) is 0 Å². The van der Waals surface area contributed by atoms with Gasteiger partial charge in [-0.1, -0.05) is 64.6 Å². The molecule has 0 aliphatic rings. The molecule has 1 N–H and O–H groups in total. The highest BCUT2D eigenvalue weighted by atomic mass is 28.4. The van der Waals surface area contributed by atoms with E-state index in [4.69, 9.17) is 4.43 Å². The van der Waals surface area contributed by atoms with Crippen molar-refractivity contribution in [3.05, 3.63) is 48.0 Å². The van der Waals surface area contributed by atoms with Gasteiger partial charge in [0.25, 0.3) is 0 Å². The molecule has 0 unspecified atom stereocenters. The summed E-state index contributed by atoms with van der Waals surface area (Å²) < 4.78 is 6.19. The lowest BCUT2D eigenvalue weighted by Crippen LogP contribution is -2.41. The summed E-state index contributed by atoms with van der Waals surface area (Å²) >= 11 is 0. The van der Waals surface area contributed by atoms with Crippen LogP contribution < -0.4 is 0 Å². The summed E-state index contributed by atoms with van der Waals surface area (Å²) in [5, 5.41) is 10.6. The number of aliphatic hydroxyl groups excluding tert-OH is 1. The van der Waals surface area contributed by atoms with Crippen LogP contribution in [0.15, 0.2) is 42.5 Å². The van der Waals surface area contributed by atoms with Gasteiger partial charge >= 0.3 is 0 Å². The van der Waals surface area contributed by atoms with Crippen LogP contribution in [0.2, 0.25) is 18.1 Å². The summed E-state index contributed by atoms with van der Waals surface area (Å²) in [6.45, 7) is 17.8. The third-order valence-electron chi connectivity index (χ3n) is 4.68. The van der Waals surface area contributed by atoms with Gasteiger partial charge in [0.1, 0.15) is 0 Å². The van der Waals surface area contributed by atoms with Crippen LogP contribution in [0.1, 0.15) is 39.4 Å². The molecule has 0 aromatic heterocycles. The van der Waals surface area contributed by atoms with E-state index in [-0.39, 0.29) is 11.0 Å². The predicted octanol–water partition coefficient (Wildman–Crippen LogP) is 4.93. The van der Waals surface area contributed by atoms with Crippen molar-refractivity contribution >= 4 is 8.32 Å². The molecule has 118 valence electrons. The standard InChI is InChI=1S/C18H30O2Si/c1-14(13-20-21(6,7)18(3,4)5)15(2)17(19)16-11-9-8-10-12-16/h8-12,15,17,19H,1,13H2,2-7H3/t15-,17+/m0/s1. The van der Waals surface area contributed by atoms with Gasteiger partial charge in [0.2, 0.25) is 0 Å². The summed E-state index contributed by atoms with van der Waals surface area (Å²) in [7, 11) is -1.77. The smallest absolute Gasteiger partial charge is 0.192 e. The molecule has 1 rings (SSSR count). The van der Waals surface area contributed by atoms with Crippen LogP contribution in [0.3, 0.4) is 0 Å². The van der Waals surface area contributed by atoms with Crippen LogP contribution in [0.25, 0.3) is 0 Å². The lowest BCUT2D eigenvalue weighted by atomic mass is 9.92. The summed E-state index contributed by atoms with van der Waals surface area (Å²) in [5.41, 5.74) is 1.88. The van der Waals surface area contributed by atoms with Crippen LogP contribution in [-0.4, -0.2) is 20.0 Å². The second-order valence-electron chi connectivity index (χ2n) is 7.35. The van der Waals surface area contributed by atoms with E-state index < -0.39 is 14.4 Å². The molecule has 0 fully saturated rings. The number of hydrogen-bond donors (Lipinski definition) is 1. The molecular formula is C18H30O2Si. The zero-order valence-electron chi connectivity index (χ0n) is 14.3. The Balaban J connectivity index is 2.64. The zero-order valence-corrected chi connectivity index (χ0v) is 15.3. The average Bonchev–Trinajstić information content (AvgIpc) is 2.43. The van der Waals surface area contributed by atoms with Gasteiger partial charge in [0.15, 0.2) is 8.32 Å². The van der Waals surface area contributed by atoms with Gasteiger partial charge in [-0.05, 0) is 29.3 Å². The van der Waals surface area contributed by atoms with Gasteiger partial charge in [-0.15, -0.1) is 0 Å². The van der Waals surface area contributed by atoms with Crippen molar-refractivity contribution in [3.8, 4) is 0 Å². The largest absolute Gasteiger partial charge is 0.413 e. The molecular weight excluding hydrogens is 276 g/mol. The SMILES string of the molecule is C=C(CO[Si](C)(C)C(C)(C)C)[C@H](C)[C@@H](O)c1ccccc1. The minimum Gasteiger partial charge on any atom is -0.413 e. The minimum atomic E-state index is -1.77. The van der Waals surface area contributed by atoms with Gasteiger partial charge in [0, 0.05) is 5.92 Å². The van der Waals surface area contributed by atoms with E-state index in [1.165, 1.54) is 0 Å². The number of benzene rings is 1. The lowest BCUT2D eigenvalue weighted by Gasteiger charge is -2.37. The summed E-state index contributed by atoms with van der Waals surface area (Å²) in [4.78, 5) is 0. The van der Waals surface area contributed by atoms with Crippen molar-refractivity contribution in [2.75, 3.05) is 6.61 Å². The van der Waals surface area contributed by atoms with Crippen molar-refractivity contribution in [3.63, 3.8) is 0 Å². The Kier molecular flexibility index (Phi) is 5.97. The summed E-state index contributed by atoms with van der Waals surface area (Å²) in [6.07, 6.45) is -0.526. The second kappa shape index (κ2) is 6.90. The predicted molar refractivity (Wildman–Crippen MR) is 92.9 cm³/mol. The molecule has 0 aliphatic heterocycles. The van der Waals surface area contributed by atoms with E-state index in [0.717, 1.165) is 11.1 Å². The maximum absolute atomic E-state index is 10.4. The molecule has 0 saturated carbocycles. The molecule has 0 bridgehead atoms. The van der Waals surface area contributed by atoms with Crippen LogP contribution >= 0.6 is 0 Å². The van der Waals surface area contributed by atoms with Gasteiger partial charge < -0.3 is 9.53 Å². The maximum Gasteiger partial charge on any atom is 0.192 e. The first kappa shape index (κ1) is 18.1. The van der Waals surface area contributed by atoms with Gasteiger partial charge in [-0.3, -0.25) is 0 Å². The molecule has 0 aliphatic carbocycles. The molecule has 1 aromatic rings. The van der Waals surface area contributed by atoms with E-state index >= 15 is 0 Å². The fourth-order valence-corrected chi connectivity index (χ4v) is 2.76. The molecule has 0 saturated heterocycles. The highest BCUT2D eigenvalue weighted by Gasteiger charge is 2.37. The van der Waals surface area contributed by atoms with Crippen LogP contribution in [0, 0.1) is 5.92 Å². The molecule has 0 spiro atoms. The Bertz CT molecular complexity index is 460. The zero-order chi connectivity index (χ0) is 16.3. The molecule has 0 amide bonds. The second-order valence-corrected chi connectivity index (χ2v) is 12.2. The number of rotatable bonds is 6. The van der Waals surface area contributed by atoms with Crippen molar-refractivity contribution < 1.29 is 9.53 Å². The third kappa shape index (κ3) is 4.80. The first-order chi connectivity index (χ1) is 9.56. The van der Waals surface area contributed by atoms with Crippen LogP contribution in [-0.2, 0) is 4.43 Å². The van der Waals surface area contributed by atoms with E-state index in [0.29, 0.717) is 6.61 Å². The summed E-state index contributed by atoms with van der Waals surface area (Å²) in [6, 6.07) is 9.74. The van der Waals surface area contributed by atoms with Crippen LogP contribution in [0.4, 0.5) is 0 Å². The van der Waals surface area contributed by atoms with E-state index in [2.05, 4.69) is 40.4 Å². The third-order valence-corrected chi connectivity index (χ3v) is 9.16. The molecule has 0 radical (unpaired) electrons. The Morgan fingerprint density at radius 2 is 1.76 bits per heavy atom. The normalized spacial score (nSPS) is 15.6. The van der Waals surface area contributed by atoms with Crippen molar-refractivity contribution in [1.29, 1.82) is 0 Å². The maximum atomic E-state index is 10.4. The van der Waals surface area contributed by atoms with Crippen molar-refractivity contribution in [2.45, 2.75) is 51.9 Å². The summed E-state index contributed by atoms with van der Waals surface area (Å²) in [5.74, 6) is -0.0165. The highest BCUT2D eigenvalue weighted by Crippen LogP contribution is 2.37.